The lowest BCUT2D eigenvalue weighted by Crippen LogP contribution is -2.09. The molecular formula is C9H12BrClFNO. The van der Waals surface area contributed by atoms with Crippen LogP contribution in [0.3, 0.4) is 0 Å². The van der Waals surface area contributed by atoms with E-state index in [9.17, 15) is 9.50 Å². The van der Waals surface area contributed by atoms with Crippen LogP contribution < -0.4 is 5.73 Å². The standard InChI is InChI=1S/C9H11BrFNO.ClH/c1-2-7(12)5-3-4-6(11)8(10)9(5)13;/h3-4,7,13H,2,12H2,1H3;1H/t7-;/m1./s1. The molecule has 0 aliphatic carbocycles. The summed E-state index contributed by atoms with van der Waals surface area (Å²) in [7, 11) is 0. The molecule has 0 unspecified atom stereocenters. The average molecular weight is 285 g/mol. The SMILES string of the molecule is CC[C@@H](N)c1ccc(F)c(Br)c1O.Cl. The number of benzene rings is 1. The number of hydrogen-bond acceptors (Lipinski definition) is 2. The molecule has 80 valence electrons. The second-order valence-electron chi connectivity index (χ2n) is 2.81. The summed E-state index contributed by atoms with van der Waals surface area (Å²) >= 11 is 2.95. The van der Waals surface area contributed by atoms with Gasteiger partial charge in [-0.2, -0.15) is 0 Å². The molecule has 1 rings (SSSR count). The van der Waals surface area contributed by atoms with E-state index in [1.165, 1.54) is 12.1 Å². The summed E-state index contributed by atoms with van der Waals surface area (Å²) in [5, 5.41) is 9.51. The van der Waals surface area contributed by atoms with Crippen LogP contribution in [0.25, 0.3) is 0 Å². The molecule has 0 saturated carbocycles. The fraction of sp³-hybridized carbons (Fsp3) is 0.333. The van der Waals surface area contributed by atoms with Crippen molar-refractivity contribution in [2.45, 2.75) is 19.4 Å². The molecule has 1 atom stereocenters. The predicted octanol–water partition coefficient (Wildman–Crippen LogP) is 3.13. The summed E-state index contributed by atoms with van der Waals surface area (Å²) in [5.41, 5.74) is 6.28. The van der Waals surface area contributed by atoms with Gasteiger partial charge in [0.1, 0.15) is 11.6 Å². The summed E-state index contributed by atoms with van der Waals surface area (Å²) in [4.78, 5) is 0. The van der Waals surface area contributed by atoms with Gasteiger partial charge < -0.3 is 10.8 Å². The maximum atomic E-state index is 12.9. The fourth-order valence-electron chi connectivity index (χ4n) is 1.07. The molecule has 5 heteroatoms. The second kappa shape index (κ2) is 5.53. The highest BCUT2D eigenvalue weighted by Gasteiger charge is 2.14. The zero-order valence-corrected chi connectivity index (χ0v) is 10.0. The van der Waals surface area contributed by atoms with Crippen LogP contribution in [0.1, 0.15) is 24.9 Å². The summed E-state index contributed by atoms with van der Waals surface area (Å²) in [6.07, 6.45) is 0.700. The number of aromatic hydroxyl groups is 1. The predicted molar refractivity (Wildman–Crippen MR) is 60.2 cm³/mol. The van der Waals surface area contributed by atoms with E-state index in [1.54, 1.807) is 0 Å². The molecule has 1 aromatic rings. The van der Waals surface area contributed by atoms with Gasteiger partial charge in [0.2, 0.25) is 0 Å². The van der Waals surface area contributed by atoms with Gasteiger partial charge in [-0.3, -0.25) is 0 Å². The van der Waals surface area contributed by atoms with Crippen LogP contribution >= 0.6 is 28.3 Å². The largest absolute Gasteiger partial charge is 0.506 e. The minimum Gasteiger partial charge on any atom is -0.506 e. The van der Waals surface area contributed by atoms with Crippen LogP contribution in [-0.2, 0) is 0 Å². The van der Waals surface area contributed by atoms with Crippen molar-refractivity contribution in [3.05, 3.63) is 28.0 Å². The number of phenols is 1. The van der Waals surface area contributed by atoms with Crippen LogP contribution in [-0.4, -0.2) is 5.11 Å². The lowest BCUT2D eigenvalue weighted by molar-refractivity contribution is 0.449. The molecule has 2 nitrogen and oxygen atoms in total. The summed E-state index contributed by atoms with van der Waals surface area (Å²) in [6.45, 7) is 1.90. The van der Waals surface area contributed by atoms with Crippen molar-refractivity contribution >= 4 is 28.3 Å². The number of hydrogen-bond donors (Lipinski definition) is 2. The zero-order chi connectivity index (χ0) is 10.0. The molecule has 0 aromatic heterocycles. The van der Waals surface area contributed by atoms with Gasteiger partial charge in [0, 0.05) is 11.6 Å². The first kappa shape index (κ1) is 13.7. The molecule has 0 amide bonds. The minimum atomic E-state index is -0.482. The molecule has 0 heterocycles. The van der Waals surface area contributed by atoms with E-state index in [1.807, 2.05) is 6.92 Å². The normalized spacial score (nSPS) is 12.0. The van der Waals surface area contributed by atoms with Crippen LogP contribution in [0.15, 0.2) is 16.6 Å². The van der Waals surface area contributed by atoms with Gasteiger partial charge in [-0.05, 0) is 28.4 Å². The first-order valence-corrected chi connectivity index (χ1v) is 4.79. The Labute approximate surface area is 96.8 Å². The van der Waals surface area contributed by atoms with Crippen LogP contribution in [0.2, 0.25) is 0 Å². The van der Waals surface area contributed by atoms with Crippen molar-refractivity contribution in [3.63, 3.8) is 0 Å². The maximum absolute atomic E-state index is 12.9. The van der Waals surface area contributed by atoms with Crippen molar-refractivity contribution in [1.82, 2.24) is 0 Å². The molecule has 0 radical (unpaired) electrons. The molecule has 0 aliphatic rings. The first-order chi connectivity index (χ1) is 6.07. The van der Waals surface area contributed by atoms with E-state index in [4.69, 9.17) is 5.73 Å². The quantitative estimate of drug-likeness (QED) is 0.876. The number of nitrogens with two attached hydrogens (primary N) is 1. The van der Waals surface area contributed by atoms with Crippen LogP contribution in [0, 0.1) is 5.82 Å². The topological polar surface area (TPSA) is 46.2 Å². The van der Waals surface area contributed by atoms with E-state index in [2.05, 4.69) is 15.9 Å². The molecule has 3 N–H and O–H groups in total. The van der Waals surface area contributed by atoms with E-state index < -0.39 is 5.82 Å². The van der Waals surface area contributed by atoms with Crippen molar-refractivity contribution in [3.8, 4) is 5.75 Å². The Hall–Kier alpha value is -0.320. The Morgan fingerprint density at radius 3 is 2.64 bits per heavy atom. The highest BCUT2D eigenvalue weighted by Crippen LogP contribution is 2.33. The van der Waals surface area contributed by atoms with E-state index in [-0.39, 0.29) is 28.7 Å². The number of phenolic OH excluding ortho intramolecular Hbond substituents is 1. The fourth-order valence-corrected chi connectivity index (χ4v) is 1.44. The molecule has 0 aliphatic heterocycles. The van der Waals surface area contributed by atoms with Crippen molar-refractivity contribution in [2.75, 3.05) is 0 Å². The maximum Gasteiger partial charge on any atom is 0.141 e. The lowest BCUT2D eigenvalue weighted by atomic mass is 10.0. The molecule has 1 aromatic carbocycles. The van der Waals surface area contributed by atoms with Gasteiger partial charge in [-0.15, -0.1) is 12.4 Å². The third-order valence-electron chi connectivity index (χ3n) is 1.94. The number of halogens is 3. The average Bonchev–Trinajstić information content (AvgIpc) is 2.13. The minimum absolute atomic E-state index is 0. The highest BCUT2D eigenvalue weighted by atomic mass is 79.9. The van der Waals surface area contributed by atoms with Gasteiger partial charge in [0.25, 0.3) is 0 Å². The molecule has 0 fully saturated rings. The molecule has 0 bridgehead atoms. The molecule has 14 heavy (non-hydrogen) atoms. The summed E-state index contributed by atoms with van der Waals surface area (Å²) in [5.74, 6) is -0.584. The summed E-state index contributed by atoms with van der Waals surface area (Å²) in [6, 6.07) is 2.54. The van der Waals surface area contributed by atoms with Gasteiger partial charge >= 0.3 is 0 Å². The highest BCUT2D eigenvalue weighted by molar-refractivity contribution is 9.10. The lowest BCUT2D eigenvalue weighted by Gasteiger charge is -2.12. The molecule has 0 spiro atoms. The Morgan fingerprint density at radius 1 is 1.57 bits per heavy atom. The van der Waals surface area contributed by atoms with E-state index >= 15 is 0 Å². The summed E-state index contributed by atoms with van der Waals surface area (Å²) < 4.78 is 13.0. The van der Waals surface area contributed by atoms with Crippen LogP contribution in [0.4, 0.5) is 4.39 Å². The van der Waals surface area contributed by atoms with Crippen molar-refractivity contribution in [1.29, 1.82) is 0 Å². The third kappa shape index (κ3) is 2.59. The smallest absolute Gasteiger partial charge is 0.141 e. The van der Waals surface area contributed by atoms with Crippen molar-refractivity contribution in [2.24, 2.45) is 5.73 Å². The zero-order valence-electron chi connectivity index (χ0n) is 7.63. The van der Waals surface area contributed by atoms with Crippen molar-refractivity contribution < 1.29 is 9.50 Å². The second-order valence-corrected chi connectivity index (χ2v) is 3.61. The molecule has 0 saturated heterocycles. The monoisotopic (exact) mass is 283 g/mol. The third-order valence-corrected chi connectivity index (χ3v) is 2.69. The number of rotatable bonds is 2. The van der Waals surface area contributed by atoms with Crippen LogP contribution in [0.5, 0.6) is 5.75 Å². The first-order valence-electron chi connectivity index (χ1n) is 4.00. The Balaban J connectivity index is 0.00000169. The van der Waals surface area contributed by atoms with Gasteiger partial charge in [0.15, 0.2) is 0 Å². The van der Waals surface area contributed by atoms with Gasteiger partial charge in [-0.1, -0.05) is 13.0 Å². The Morgan fingerprint density at radius 2 is 2.14 bits per heavy atom. The Bertz CT molecular complexity index is 322. The van der Waals surface area contributed by atoms with E-state index in [0.29, 0.717) is 12.0 Å². The van der Waals surface area contributed by atoms with Gasteiger partial charge in [0.05, 0.1) is 4.47 Å². The molecular weight excluding hydrogens is 272 g/mol. The Kier molecular flexibility index (Phi) is 5.41. The van der Waals surface area contributed by atoms with E-state index in [0.717, 1.165) is 0 Å². The van der Waals surface area contributed by atoms with Gasteiger partial charge in [-0.25, -0.2) is 4.39 Å².